The van der Waals surface area contributed by atoms with Crippen molar-refractivity contribution in [2.75, 3.05) is 44.6 Å². The zero-order valence-electron chi connectivity index (χ0n) is 16.0. The number of anilines is 1. The molecule has 0 aliphatic carbocycles. The molecular weight excluding hydrogens is 394 g/mol. The van der Waals surface area contributed by atoms with Crippen LogP contribution in [0.5, 0.6) is 0 Å². The van der Waals surface area contributed by atoms with E-state index in [1.54, 1.807) is 0 Å². The van der Waals surface area contributed by atoms with Gasteiger partial charge in [0.05, 0.1) is 9.82 Å². The maximum absolute atomic E-state index is 11.4. The van der Waals surface area contributed by atoms with E-state index in [-0.39, 0.29) is 16.3 Å². The largest absolute Gasteiger partial charge is 0.378 e. The molecule has 3 rings (SSSR count). The number of piperazine rings is 1. The predicted molar refractivity (Wildman–Crippen MR) is 111 cm³/mol. The van der Waals surface area contributed by atoms with Gasteiger partial charge in [-0.2, -0.15) is 0 Å². The summed E-state index contributed by atoms with van der Waals surface area (Å²) in [5.74, 6) is 0. The summed E-state index contributed by atoms with van der Waals surface area (Å²) in [4.78, 5) is 15.1. The van der Waals surface area contributed by atoms with Crippen LogP contribution in [0.25, 0.3) is 0 Å². The first-order valence-corrected chi connectivity index (χ1v) is 10.9. The standard InChI is InChI=1S/C19H25N5O4S/c20-29(27,28)17-6-7-18(19(14-17)24(25)26)21-8-9-22-10-12-23(13-11-22)15-16-4-2-1-3-5-16/h1-7,14,21H,8-13,15H2,(H2,20,27,28). The summed E-state index contributed by atoms with van der Waals surface area (Å²) in [7, 11) is -3.99. The SMILES string of the molecule is NS(=O)(=O)c1ccc(NCCN2CCN(Cc3ccccc3)CC2)c([N+](=O)[O-])c1. The van der Waals surface area contributed by atoms with Crippen molar-refractivity contribution < 1.29 is 13.3 Å². The number of sulfonamides is 1. The van der Waals surface area contributed by atoms with Crippen molar-refractivity contribution in [2.24, 2.45) is 5.14 Å². The zero-order chi connectivity index (χ0) is 20.9. The van der Waals surface area contributed by atoms with E-state index in [9.17, 15) is 18.5 Å². The number of nitro benzene ring substituents is 1. The fourth-order valence-corrected chi connectivity index (χ4v) is 3.88. The lowest BCUT2D eigenvalue weighted by atomic mass is 10.2. The second kappa shape index (κ2) is 9.31. The summed E-state index contributed by atoms with van der Waals surface area (Å²) < 4.78 is 22.8. The maximum Gasteiger partial charge on any atom is 0.293 e. The molecule has 10 heteroatoms. The van der Waals surface area contributed by atoms with E-state index in [2.05, 4.69) is 27.2 Å². The molecule has 2 aromatic carbocycles. The van der Waals surface area contributed by atoms with E-state index >= 15 is 0 Å². The second-order valence-electron chi connectivity index (χ2n) is 7.01. The number of hydrogen-bond donors (Lipinski definition) is 2. The number of rotatable bonds is 8. The molecule has 0 aromatic heterocycles. The van der Waals surface area contributed by atoms with Crippen LogP contribution in [-0.2, 0) is 16.6 Å². The summed E-state index contributed by atoms with van der Waals surface area (Å²) >= 11 is 0. The topological polar surface area (TPSA) is 122 Å². The number of hydrogen-bond acceptors (Lipinski definition) is 7. The highest BCUT2D eigenvalue weighted by Crippen LogP contribution is 2.27. The highest BCUT2D eigenvalue weighted by atomic mass is 32.2. The van der Waals surface area contributed by atoms with Gasteiger partial charge in [0.15, 0.2) is 0 Å². The number of nitro groups is 1. The molecule has 156 valence electrons. The third kappa shape index (κ3) is 5.97. The highest BCUT2D eigenvalue weighted by Gasteiger charge is 2.20. The number of nitrogens with zero attached hydrogens (tertiary/aromatic N) is 3. The van der Waals surface area contributed by atoms with Gasteiger partial charge in [0.1, 0.15) is 5.69 Å². The van der Waals surface area contributed by atoms with Gasteiger partial charge in [-0.25, -0.2) is 13.6 Å². The van der Waals surface area contributed by atoms with E-state index in [0.29, 0.717) is 6.54 Å². The van der Waals surface area contributed by atoms with E-state index in [4.69, 9.17) is 5.14 Å². The minimum Gasteiger partial charge on any atom is -0.378 e. The summed E-state index contributed by atoms with van der Waals surface area (Å²) in [5.41, 5.74) is 1.28. The second-order valence-corrected chi connectivity index (χ2v) is 8.57. The molecule has 1 heterocycles. The minimum absolute atomic E-state index is 0.274. The van der Waals surface area contributed by atoms with Crippen molar-refractivity contribution in [3.8, 4) is 0 Å². The van der Waals surface area contributed by atoms with E-state index in [1.165, 1.54) is 17.7 Å². The average molecular weight is 420 g/mol. The Morgan fingerprint density at radius 1 is 1.03 bits per heavy atom. The van der Waals surface area contributed by atoms with Crippen LogP contribution in [0.15, 0.2) is 53.4 Å². The zero-order valence-corrected chi connectivity index (χ0v) is 16.8. The lowest BCUT2D eigenvalue weighted by Crippen LogP contribution is -2.47. The molecule has 1 fully saturated rings. The average Bonchev–Trinajstić information content (AvgIpc) is 2.69. The predicted octanol–water partition coefficient (Wildman–Crippen LogP) is 1.47. The van der Waals surface area contributed by atoms with E-state index < -0.39 is 14.9 Å². The van der Waals surface area contributed by atoms with Crippen molar-refractivity contribution in [3.63, 3.8) is 0 Å². The van der Waals surface area contributed by atoms with Gasteiger partial charge in [-0.15, -0.1) is 0 Å². The molecule has 3 N–H and O–H groups in total. The van der Waals surface area contributed by atoms with Crippen LogP contribution < -0.4 is 10.5 Å². The Kier molecular flexibility index (Phi) is 6.80. The van der Waals surface area contributed by atoms with Gasteiger partial charge in [0, 0.05) is 51.9 Å². The van der Waals surface area contributed by atoms with Crippen LogP contribution >= 0.6 is 0 Å². The molecule has 0 bridgehead atoms. The summed E-state index contributed by atoms with van der Waals surface area (Å²) in [5, 5.41) is 19.4. The van der Waals surface area contributed by atoms with Crippen molar-refractivity contribution in [3.05, 3.63) is 64.2 Å². The first-order valence-electron chi connectivity index (χ1n) is 9.37. The first-order chi connectivity index (χ1) is 13.8. The Morgan fingerprint density at radius 3 is 2.31 bits per heavy atom. The monoisotopic (exact) mass is 419 g/mol. The molecule has 1 saturated heterocycles. The van der Waals surface area contributed by atoms with E-state index in [1.807, 2.05) is 18.2 Å². The Labute approximate surface area is 170 Å². The number of nitrogens with two attached hydrogens (primary N) is 1. The van der Waals surface area contributed by atoms with Gasteiger partial charge in [-0.1, -0.05) is 30.3 Å². The molecule has 1 aliphatic rings. The molecule has 0 amide bonds. The fourth-order valence-electron chi connectivity index (χ4n) is 3.35. The van der Waals surface area contributed by atoms with Crippen molar-refractivity contribution >= 4 is 21.4 Å². The van der Waals surface area contributed by atoms with Gasteiger partial charge in [0.25, 0.3) is 5.69 Å². The van der Waals surface area contributed by atoms with Crippen molar-refractivity contribution in [1.82, 2.24) is 9.80 Å². The van der Waals surface area contributed by atoms with E-state index in [0.717, 1.165) is 45.3 Å². The maximum atomic E-state index is 11.4. The van der Waals surface area contributed by atoms with Crippen molar-refractivity contribution in [2.45, 2.75) is 11.4 Å². The van der Waals surface area contributed by atoms with Crippen LogP contribution in [-0.4, -0.2) is 62.4 Å². The normalized spacial score (nSPS) is 15.9. The number of nitrogens with one attached hydrogen (secondary N) is 1. The summed E-state index contributed by atoms with van der Waals surface area (Å²) in [6, 6.07) is 14.0. The molecule has 29 heavy (non-hydrogen) atoms. The molecule has 0 atom stereocenters. The van der Waals surface area contributed by atoms with Gasteiger partial charge in [-0.05, 0) is 17.7 Å². The van der Waals surface area contributed by atoms with Gasteiger partial charge >= 0.3 is 0 Å². The molecule has 0 unspecified atom stereocenters. The Hall–Kier alpha value is -2.53. The summed E-state index contributed by atoms with van der Waals surface area (Å²) in [6.45, 7) is 6.01. The van der Waals surface area contributed by atoms with Crippen LogP contribution in [0.2, 0.25) is 0 Å². The third-order valence-corrected chi connectivity index (χ3v) is 5.86. The van der Waals surface area contributed by atoms with Crippen LogP contribution in [0.3, 0.4) is 0 Å². The highest BCUT2D eigenvalue weighted by molar-refractivity contribution is 7.89. The van der Waals surface area contributed by atoms with Gasteiger partial charge in [0.2, 0.25) is 10.0 Å². The number of benzene rings is 2. The lowest BCUT2D eigenvalue weighted by molar-refractivity contribution is -0.384. The number of primary sulfonamides is 1. The van der Waals surface area contributed by atoms with Crippen molar-refractivity contribution in [1.29, 1.82) is 0 Å². The molecule has 0 saturated carbocycles. The Morgan fingerprint density at radius 2 is 1.69 bits per heavy atom. The third-order valence-electron chi connectivity index (χ3n) is 4.95. The molecular formula is C19H25N5O4S. The van der Waals surface area contributed by atoms with Crippen LogP contribution in [0.1, 0.15) is 5.56 Å². The molecule has 0 radical (unpaired) electrons. The van der Waals surface area contributed by atoms with Crippen LogP contribution in [0, 0.1) is 10.1 Å². The first kappa shape index (κ1) is 21.2. The summed E-state index contributed by atoms with van der Waals surface area (Å²) in [6.07, 6.45) is 0. The molecule has 9 nitrogen and oxygen atoms in total. The van der Waals surface area contributed by atoms with Crippen LogP contribution in [0.4, 0.5) is 11.4 Å². The quantitative estimate of drug-likeness (QED) is 0.491. The minimum atomic E-state index is -3.99. The molecule has 0 spiro atoms. The molecule has 2 aromatic rings. The van der Waals surface area contributed by atoms with Gasteiger partial charge < -0.3 is 5.32 Å². The van der Waals surface area contributed by atoms with Gasteiger partial charge in [-0.3, -0.25) is 19.9 Å². The molecule has 1 aliphatic heterocycles. The lowest BCUT2D eigenvalue weighted by Gasteiger charge is -2.34. The smallest absolute Gasteiger partial charge is 0.293 e. The fraction of sp³-hybridized carbons (Fsp3) is 0.368. The Bertz CT molecular complexity index is 944. The Balaban J connectivity index is 1.49.